The molecule has 2 heterocycles. The van der Waals surface area contributed by atoms with Crippen LogP contribution in [0.1, 0.15) is 20.9 Å². The summed E-state index contributed by atoms with van der Waals surface area (Å²) in [6.45, 7) is 0.385. The number of aliphatic hydroxyl groups is 1. The van der Waals surface area contributed by atoms with Crippen LogP contribution in [0.2, 0.25) is 0 Å². The molecule has 0 aromatic carbocycles. The smallest absolute Gasteiger partial charge is 0.252 e. The van der Waals surface area contributed by atoms with Crippen LogP contribution in [0.4, 0.5) is 0 Å². The van der Waals surface area contributed by atoms with Crippen LogP contribution in [0, 0.1) is 11.8 Å². The molecule has 0 spiro atoms. The molecule has 0 atom stereocenters. The second-order valence-corrected chi connectivity index (χ2v) is 5.02. The van der Waals surface area contributed by atoms with Gasteiger partial charge in [0.2, 0.25) is 0 Å². The maximum Gasteiger partial charge on any atom is 0.252 e. The maximum atomic E-state index is 11.9. The molecule has 2 rings (SSSR count). The predicted molar refractivity (Wildman–Crippen MR) is 77.5 cm³/mol. The number of carbonyl (C=O) groups excluding carboxylic acids is 1. The predicted octanol–water partition coefficient (Wildman–Crippen LogP) is 0.798. The van der Waals surface area contributed by atoms with Gasteiger partial charge in [-0.05, 0) is 12.1 Å². The Balaban J connectivity index is 1.86. The van der Waals surface area contributed by atoms with Crippen molar-refractivity contribution in [1.82, 2.24) is 15.1 Å². The highest BCUT2D eigenvalue weighted by Gasteiger charge is 2.07. The normalized spacial score (nSPS) is 9.90. The Bertz CT molecular complexity index is 649. The third-order valence-electron chi connectivity index (χ3n) is 2.74. The minimum atomic E-state index is -0.176. The first kappa shape index (κ1) is 14.3. The number of aryl methyl sites for hydroxylation is 1. The molecule has 104 valence electrons. The third-order valence-corrected chi connectivity index (χ3v) is 3.59. The number of carbonyl (C=O) groups is 1. The van der Waals surface area contributed by atoms with E-state index in [-0.39, 0.29) is 12.5 Å². The highest BCUT2D eigenvalue weighted by Crippen LogP contribution is 2.13. The molecule has 6 heteroatoms. The van der Waals surface area contributed by atoms with Crippen molar-refractivity contribution in [2.75, 3.05) is 13.2 Å². The Labute approximate surface area is 121 Å². The van der Waals surface area contributed by atoms with Crippen molar-refractivity contribution in [2.45, 2.75) is 6.42 Å². The first-order chi connectivity index (χ1) is 9.70. The van der Waals surface area contributed by atoms with E-state index in [1.165, 1.54) is 11.3 Å². The topological polar surface area (TPSA) is 67.2 Å². The molecule has 0 aliphatic heterocycles. The zero-order valence-electron chi connectivity index (χ0n) is 11.1. The molecule has 0 saturated carbocycles. The second kappa shape index (κ2) is 6.89. The van der Waals surface area contributed by atoms with Crippen molar-refractivity contribution in [1.29, 1.82) is 0 Å². The molecule has 0 bridgehead atoms. The number of amides is 1. The van der Waals surface area contributed by atoms with E-state index in [4.69, 9.17) is 5.11 Å². The van der Waals surface area contributed by atoms with Crippen molar-refractivity contribution in [3.63, 3.8) is 0 Å². The lowest BCUT2D eigenvalue weighted by molar-refractivity contribution is 0.0954. The van der Waals surface area contributed by atoms with Crippen LogP contribution in [-0.4, -0.2) is 33.9 Å². The van der Waals surface area contributed by atoms with E-state index in [1.807, 2.05) is 13.1 Å². The molecule has 2 aromatic rings. The first-order valence-electron chi connectivity index (χ1n) is 6.14. The molecule has 0 saturated heterocycles. The van der Waals surface area contributed by atoms with E-state index in [0.717, 1.165) is 17.0 Å². The number of nitrogens with one attached hydrogen (secondary N) is 1. The second-order valence-electron chi connectivity index (χ2n) is 4.11. The number of aromatic nitrogens is 2. The Hall–Kier alpha value is -2.10. The fourth-order valence-corrected chi connectivity index (χ4v) is 2.46. The van der Waals surface area contributed by atoms with E-state index in [1.54, 1.807) is 22.3 Å². The summed E-state index contributed by atoms with van der Waals surface area (Å²) in [5.74, 6) is 5.23. The summed E-state index contributed by atoms with van der Waals surface area (Å²) in [4.78, 5) is 12.7. The molecule has 0 aliphatic carbocycles. The highest BCUT2D eigenvalue weighted by atomic mass is 32.1. The standard InChI is InChI=1S/C14H15N3O2S/c1-17-12(5-7-16-17)4-6-15-14(19)11-9-13(20-10-11)3-2-8-18/h5,7,9-10,18H,4,6,8H2,1H3,(H,15,19). The molecule has 5 nitrogen and oxygen atoms in total. The van der Waals surface area contributed by atoms with Gasteiger partial charge in [-0.25, -0.2) is 0 Å². The molecule has 20 heavy (non-hydrogen) atoms. The van der Waals surface area contributed by atoms with E-state index in [2.05, 4.69) is 22.3 Å². The lowest BCUT2D eigenvalue weighted by Gasteiger charge is -2.04. The van der Waals surface area contributed by atoms with Gasteiger partial charge >= 0.3 is 0 Å². The molecule has 1 amide bonds. The lowest BCUT2D eigenvalue weighted by Crippen LogP contribution is -2.25. The summed E-state index contributed by atoms with van der Waals surface area (Å²) in [6.07, 6.45) is 2.48. The van der Waals surface area contributed by atoms with Crippen LogP contribution in [0.15, 0.2) is 23.7 Å². The Morgan fingerprint density at radius 1 is 1.60 bits per heavy atom. The summed E-state index contributed by atoms with van der Waals surface area (Å²) in [5.41, 5.74) is 1.67. The van der Waals surface area contributed by atoms with Crippen LogP contribution < -0.4 is 5.32 Å². The number of rotatable bonds is 4. The Kier molecular flexibility index (Phi) is 4.93. The van der Waals surface area contributed by atoms with Gasteiger partial charge in [0.05, 0.1) is 10.4 Å². The average Bonchev–Trinajstić information content (AvgIpc) is 3.06. The van der Waals surface area contributed by atoms with E-state index in [0.29, 0.717) is 12.1 Å². The molecule has 0 aliphatic rings. The van der Waals surface area contributed by atoms with Gasteiger partial charge in [0.15, 0.2) is 0 Å². The monoisotopic (exact) mass is 289 g/mol. The fraction of sp³-hybridized carbons (Fsp3) is 0.286. The quantitative estimate of drug-likeness (QED) is 0.818. The summed E-state index contributed by atoms with van der Waals surface area (Å²) >= 11 is 1.39. The Morgan fingerprint density at radius 3 is 3.15 bits per heavy atom. The van der Waals surface area contributed by atoms with Crippen LogP contribution in [-0.2, 0) is 13.5 Å². The number of nitrogens with zero attached hydrogens (tertiary/aromatic N) is 2. The first-order valence-corrected chi connectivity index (χ1v) is 7.02. The number of thiophene rings is 1. The SMILES string of the molecule is Cn1nccc1CCNC(=O)c1csc(C#CCO)c1. The molecule has 2 N–H and O–H groups in total. The average molecular weight is 289 g/mol. The van der Waals surface area contributed by atoms with Crippen molar-refractivity contribution < 1.29 is 9.90 Å². The number of aliphatic hydroxyl groups excluding tert-OH is 1. The van der Waals surface area contributed by atoms with Crippen LogP contribution >= 0.6 is 11.3 Å². The molecular formula is C14H15N3O2S. The van der Waals surface area contributed by atoms with Crippen molar-refractivity contribution in [2.24, 2.45) is 7.05 Å². The zero-order chi connectivity index (χ0) is 14.4. The summed E-state index contributed by atoms with van der Waals surface area (Å²) in [6, 6.07) is 3.66. The lowest BCUT2D eigenvalue weighted by atomic mass is 10.2. The van der Waals surface area contributed by atoms with E-state index >= 15 is 0 Å². The molecule has 2 aromatic heterocycles. The summed E-state index contributed by atoms with van der Waals surface area (Å²) < 4.78 is 1.79. The van der Waals surface area contributed by atoms with Crippen molar-refractivity contribution in [3.05, 3.63) is 39.8 Å². The van der Waals surface area contributed by atoms with Crippen molar-refractivity contribution >= 4 is 17.2 Å². The van der Waals surface area contributed by atoms with Gasteiger partial charge in [-0.2, -0.15) is 5.10 Å². The van der Waals surface area contributed by atoms with Crippen LogP contribution in [0.25, 0.3) is 0 Å². The van der Waals surface area contributed by atoms with Gasteiger partial charge in [-0.15, -0.1) is 11.3 Å². The van der Waals surface area contributed by atoms with Crippen LogP contribution in [0.3, 0.4) is 0 Å². The molecule has 0 unspecified atom stereocenters. The van der Waals surface area contributed by atoms with E-state index in [9.17, 15) is 4.79 Å². The van der Waals surface area contributed by atoms with Gasteiger partial charge in [0, 0.05) is 37.3 Å². The van der Waals surface area contributed by atoms with Crippen molar-refractivity contribution in [3.8, 4) is 11.8 Å². The maximum absolute atomic E-state index is 11.9. The van der Waals surface area contributed by atoms with E-state index < -0.39 is 0 Å². The van der Waals surface area contributed by atoms with Gasteiger partial charge in [0.25, 0.3) is 5.91 Å². The minimum absolute atomic E-state index is 0.111. The molecular weight excluding hydrogens is 274 g/mol. The Morgan fingerprint density at radius 2 is 2.45 bits per heavy atom. The van der Waals surface area contributed by atoms with Gasteiger partial charge in [0.1, 0.15) is 6.61 Å². The molecule has 0 fully saturated rings. The van der Waals surface area contributed by atoms with Crippen LogP contribution in [0.5, 0.6) is 0 Å². The fourth-order valence-electron chi connectivity index (χ4n) is 1.70. The van der Waals surface area contributed by atoms with Gasteiger partial charge in [-0.1, -0.05) is 11.8 Å². The number of hydrogen-bond acceptors (Lipinski definition) is 4. The highest BCUT2D eigenvalue weighted by molar-refractivity contribution is 7.10. The number of hydrogen-bond donors (Lipinski definition) is 2. The summed E-state index contributed by atoms with van der Waals surface area (Å²) in [7, 11) is 1.88. The van der Waals surface area contributed by atoms with Gasteiger partial charge < -0.3 is 10.4 Å². The largest absolute Gasteiger partial charge is 0.384 e. The molecule has 0 radical (unpaired) electrons. The summed E-state index contributed by atoms with van der Waals surface area (Å²) in [5, 5.41) is 17.3. The zero-order valence-corrected chi connectivity index (χ0v) is 11.9. The minimum Gasteiger partial charge on any atom is -0.384 e. The van der Waals surface area contributed by atoms with Gasteiger partial charge in [-0.3, -0.25) is 9.48 Å². The third kappa shape index (κ3) is 3.70.